The molecule has 130 valence electrons. The predicted octanol–water partition coefficient (Wildman–Crippen LogP) is 1.60. The Morgan fingerprint density at radius 3 is 2.80 bits per heavy atom. The number of fused-ring (bicyclic) bond motifs is 1. The van der Waals surface area contributed by atoms with E-state index in [0.29, 0.717) is 16.9 Å². The SMILES string of the molecule is O=C(Cn1c(=O)oc2ccccc21)NCC(O)(c1ccco1)C1CC1. The van der Waals surface area contributed by atoms with Crippen molar-refractivity contribution in [1.82, 2.24) is 9.88 Å². The highest BCUT2D eigenvalue weighted by molar-refractivity contribution is 5.79. The highest BCUT2D eigenvalue weighted by atomic mass is 16.4. The van der Waals surface area contributed by atoms with Crippen molar-refractivity contribution in [3.05, 3.63) is 59.0 Å². The van der Waals surface area contributed by atoms with Gasteiger partial charge in [-0.2, -0.15) is 0 Å². The van der Waals surface area contributed by atoms with Crippen molar-refractivity contribution in [2.75, 3.05) is 6.54 Å². The lowest BCUT2D eigenvalue weighted by atomic mass is 9.94. The molecule has 1 saturated carbocycles. The van der Waals surface area contributed by atoms with Gasteiger partial charge in [0.15, 0.2) is 5.58 Å². The maximum atomic E-state index is 12.3. The van der Waals surface area contributed by atoms with E-state index in [1.807, 2.05) is 0 Å². The maximum absolute atomic E-state index is 12.3. The minimum absolute atomic E-state index is 0.0363. The number of para-hydroxylation sites is 2. The number of benzene rings is 1. The first-order valence-corrected chi connectivity index (χ1v) is 8.19. The number of carbonyl (C=O) groups is 1. The van der Waals surface area contributed by atoms with E-state index in [9.17, 15) is 14.7 Å². The molecule has 1 aliphatic carbocycles. The number of hydrogen-bond donors (Lipinski definition) is 2. The monoisotopic (exact) mass is 342 g/mol. The molecule has 0 radical (unpaired) electrons. The van der Waals surface area contributed by atoms with Gasteiger partial charge in [-0.3, -0.25) is 9.36 Å². The molecule has 0 spiro atoms. The second kappa shape index (κ2) is 5.93. The molecule has 2 N–H and O–H groups in total. The van der Waals surface area contributed by atoms with Crippen LogP contribution in [0, 0.1) is 5.92 Å². The van der Waals surface area contributed by atoms with Crippen LogP contribution in [0.25, 0.3) is 11.1 Å². The molecular weight excluding hydrogens is 324 g/mol. The Kier molecular flexibility index (Phi) is 3.73. The third-order valence-corrected chi connectivity index (χ3v) is 4.63. The first kappa shape index (κ1) is 15.7. The highest BCUT2D eigenvalue weighted by Crippen LogP contribution is 2.45. The second-order valence-electron chi connectivity index (χ2n) is 6.37. The van der Waals surface area contributed by atoms with Crippen LogP contribution in [0.5, 0.6) is 0 Å². The quantitative estimate of drug-likeness (QED) is 0.709. The molecule has 1 fully saturated rings. The van der Waals surface area contributed by atoms with Gasteiger partial charge in [-0.25, -0.2) is 4.79 Å². The Bertz CT molecular complexity index is 951. The average molecular weight is 342 g/mol. The number of rotatable bonds is 6. The Morgan fingerprint density at radius 1 is 1.28 bits per heavy atom. The molecule has 7 heteroatoms. The van der Waals surface area contributed by atoms with Crippen LogP contribution in [-0.2, 0) is 16.9 Å². The normalized spacial score (nSPS) is 16.7. The molecule has 1 unspecified atom stereocenters. The van der Waals surface area contributed by atoms with Gasteiger partial charge in [0.2, 0.25) is 5.91 Å². The van der Waals surface area contributed by atoms with Crippen LogP contribution in [0.3, 0.4) is 0 Å². The summed E-state index contributed by atoms with van der Waals surface area (Å²) in [7, 11) is 0. The zero-order valence-corrected chi connectivity index (χ0v) is 13.5. The fourth-order valence-corrected chi connectivity index (χ4v) is 3.11. The van der Waals surface area contributed by atoms with Gasteiger partial charge < -0.3 is 19.3 Å². The molecule has 2 heterocycles. The molecule has 3 aromatic rings. The maximum Gasteiger partial charge on any atom is 0.420 e. The van der Waals surface area contributed by atoms with Crippen LogP contribution in [-0.4, -0.2) is 22.1 Å². The predicted molar refractivity (Wildman–Crippen MR) is 88.8 cm³/mol. The van der Waals surface area contributed by atoms with Crippen molar-refractivity contribution in [3.63, 3.8) is 0 Å². The van der Waals surface area contributed by atoms with Gasteiger partial charge in [-0.05, 0) is 43.0 Å². The highest BCUT2D eigenvalue weighted by Gasteiger charge is 2.47. The van der Waals surface area contributed by atoms with E-state index in [1.165, 1.54) is 10.8 Å². The summed E-state index contributed by atoms with van der Waals surface area (Å²) >= 11 is 0. The van der Waals surface area contributed by atoms with Crippen molar-refractivity contribution in [3.8, 4) is 0 Å². The molecule has 0 saturated heterocycles. The fourth-order valence-electron chi connectivity index (χ4n) is 3.11. The number of nitrogens with zero attached hydrogens (tertiary/aromatic N) is 1. The molecule has 1 aromatic carbocycles. The molecule has 1 amide bonds. The summed E-state index contributed by atoms with van der Waals surface area (Å²) in [5.74, 6) is -0.447. The molecule has 0 bridgehead atoms. The minimum Gasteiger partial charge on any atom is -0.466 e. The summed E-state index contributed by atoms with van der Waals surface area (Å²) in [5, 5.41) is 13.6. The summed E-state index contributed by atoms with van der Waals surface area (Å²) in [6.07, 6.45) is 3.28. The van der Waals surface area contributed by atoms with E-state index < -0.39 is 11.4 Å². The molecule has 2 aromatic heterocycles. The summed E-state index contributed by atoms with van der Waals surface area (Å²) in [6, 6.07) is 10.3. The van der Waals surface area contributed by atoms with Crippen molar-refractivity contribution in [2.24, 2.45) is 5.92 Å². The lowest BCUT2D eigenvalue weighted by molar-refractivity contribution is -0.123. The van der Waals surface area contributed by atoms with Crippen LogP contribution in [0.2, 0.25) is 0 Å². The summed E-state index contributed by atoms with van der Waals surface area (Å²) in [5.41, 5.74) is -0.223. The smallest absolute Gasteiger partial charge is 0.420 e. The van der Waals surface area contributed by atoms with Crippen LogP contribution < -0.4 is 11.1 Å². The van der Waals surface area contributed by atoms with Crippen molar-refractivity contribution in [1.29, 1.82) is 0 Å². The molecule has 7 nitrogen and oxygen atoms in total. The number of aliphatic hydroxyl groups is 1. The zero-order valence-electron chi connectivity index (χ0n) is 13.5. The van der Waals surface area contributed by atoms with E-state index >= 15 is 0 Å². The largest absolute Gasteiger partial charge is 0.466 e. The van der Waals surface area contributed by atoms with Crippen molar-refractivity contribution >= 4 is 17.0 Å². The van der Waals surface area contributed by atoms with Gasteiger partial charge in [-0.15, -0.1) is 0 Å². The molecular formula is C18H18N2O5. The number of nitrogens with one attached hydrogen (secondary N) is 1. The number of carbonyl (C=O) groups excluding carboxylic acids is 1. The lowest BCUT2D eigenvalue weighted by Gasteiger charge is -2.26. The zero-order chi connectivity index (χ0) is 17.4. The first-order valence-electron chi connectivity index (χ1n) is 8.19. The Hall–Kier alpha value is -2.80. The van der Waals surface area contributed by atoms with Gasteiger partial charge in [-0.1, -0.05) is 12.1 Å². The second-order valence-corrected chi connectivity index (χ2v) is 6.37. The van der Waals surface area contributed by atoms with Gasteiger partial charge >= 0.3 is 5.76 Å². The minimum atomic E-state index is -1.22. The summed E-state index contributed by atoms with van der Waals surface area (Å²) < 4.78 is 11.7. The number of amides is 1. The van der Waals surface area contributed by atoms with Crippen LogP contribution in [0.1, 0.15) is 18.6 Å². The van der Waals surface area contributed by atoms with Crippen molar-refractivity contribution in [2.45, 2.75) is 25.0 Å². The Morgan fingerprint density at radius 2 is 2.08 bits per heavy atom. The third-order valence-electron chi connectivity index (χ3n) is 4.63. The van der Waals surface area contributed by atoms with Gasteiger partial charge in [0.25, 0.3) is 0 Å². The molecule has 1 aliphatic rings. The Balaban J connectivity index is 1.49. The van der Waals surface area contributed by atoms with Crippen molar-refractivity contribution < 1.29 is 18.7 Å². The summed E-state index contributed by atoms with van der Waals surface area (Å²) in [4.78, 5) is 24.2. The lowest BCUT2D eigenvalue weighted by Crippen LogP contribution is -2.43. The molecule has 4 rings (SSSR count). The topological polar surface area (TPSA) is 97.6 Å². The number of oxazole rings is 1. The van der Waals surface area contributed by atoms with Crippen LogP contribution in [0.4, 0.5) is 0 Å². The first-order chi connectivity index (χ1) is 12.1. The van der Waals surface area contributed by atoms with E-state index in [4.69, 9.17) is 8.83 Å². The van der Waals surface area contributed by atoms with E-state index in [1.54, 1.807) is 36.4 Å². The summed E-state index contributed by atoms with van der Waals surface area (Å²) in [6.45, 7) is -0.136. The standard InChI is InChI=1S/C18H18N2O5/c21-16(10-20-13-4-1-2-5-14(13)25-17(20)22)19-11-18(23,12-7-8-12)15-6-3-9-24-15/h1-6,9,12,23H,7-8,10-11H2,(H,19,21). The number of hydrogen-bond acceptors (Lipinski definition) is 5. The fraction of sp³-hybridized carbons (Fsp3) is 0.333. The molecule has 0 aliphatic heterocycles. The van der Waals surface area contributed by atoms with E-state index in [2.05, 4.69) is 5.32 Å². The van der Waals surface area contributed by atoms with Gasteiger partial charge in [0, 0.05) is 0 Å². The van der Waals surface area contributed by atoms with Gasteiger partial charge in [0.05, 0.1) is 18.3 Å². The van der Waals surface area contributed by atoms with E-state index in [-0.39, 0.29) is 24.9 Å². The molecule has 1 atom stereocenters. The number of aromatic nitrogens is 1. The third kappa shape index (κ3) is 2.87. The van der Waals surface area contributed by atoms with Crippen LogP contribution in [0.15, 0.2) is 56.3 Å². The molecule has 25 heavy (non-hydrogen) atoms. The van der Waals surface area contributed by atoms with Crippen LogP contribution >= 0.6 is 0 Å². The van der Waals surface area contributed by atoms with Gasteiger partial charge in [0.1, 0.15) is 17.9 Å². The van der Waals surface area contributed by atoms with E-state index in [0.717, 1.165) is 12.8 Å². The number of furan rings is 1. The average Bonchev–Trinajstić information content (AvgIpc) is 3.23. The Labute approximate surface area is 142 Å².